The zero-order valence-corrected chi connectivity index (χ0v) is 16.6. The molecule has 144 valence electrons. The molecule has 0 bridgehead atoms. The summed E-state index contributed by atoms with van der Waals surface area (Å²) in [5.74, 6) is 1.22. The SMILES string of the molecule is COc1ccc(C(NC2CCCCC2)C(=O)c2ccccc2Cl)cc1OC. The van der Waals surface area contributed by atoms with E-state index in [0.29, 0.717) is 28.1 Å². The molecule has 1 aliphatic carbocycles. The average Bonchev–Trinajstić information content (AvgIpc) is 2.72. The molecule has 0 spiro atoms. The molecular formula is C22H26ClNO3. The fourth-order valence-corrected chi connectivity index (χ4v) is 3.91. The molecule has 27 heavy (non-hydrogen) atoms. The molecule has 5 heteroatoms. The van der Waals surface area contributed by atoms with E-state index in [-0.39, 0.29) is 5.78 Å². The van der Waals surface area contributed by atoms with Crippen LogP contribution in [0.2, 0.25) is 5.02 Å². The number of methoxy groups -OCH3 is 2. The Morgan fingerprint density at radius 1 is 1.04 bits per heavy atom. The first kappa shape index (κ1) is 19.7. The minimum atomic E-state index is -0.479. The van der Waals surface area contributed by atoms with Crippen molar-refractivity contribution in [1.29, 1.82) is 0 Å². The van der Waals surface area contributed by atoms with Gasteiger partial charge in [0.1, 0.15) is 0 Å². The Hall–Kier alpha value is -2.04. The van der Waals surface area contributed by atoms with Gasteiger partial charge in [0.05, 0.1) is 25.3 Å². The van der Waals surface area contributed by atoms with E-state index in [2.05, 4.69) is 5.32 Å². The number of Topliss-reactive ketones (excluding diaryl/α,β-unsaturated/α-hetero) is 1. The molecule has 2 aromatic carbocycles. The lowest BCUT2D eigenvalue weighted by molar-refractivity contribution is 0.0931. The molecule has 1 atom stereocenters. The molecule has 0 aromatic heterocycles. The van der Waals surface area contributed by atoms with Crippen molar-refractivity contribution in [3.63, 3.8) is 0 Å². The second-order valence-corrected chi connectivity index (χ2v) is 7.30. The van der Waals surface area contributed by atoms with E-state index >= 15 is 0 Å². The fraction of sp³-hybridized carbons (Fsp3) is 0.409. The van der Waals surface area contributed by atoms with Crippen LogP contribution in [0.15, 0.2) is 42.5 Å². The zero-order chi connectivity index (χ0) is 19.2. The summed E-state index contributed by atoms with van der Waals surface area (Å²) < 4.78 is 10.8. The molecule has 2 aromatic rings. The van der Waals surface area contributed by atoms with Crippen molar-refractivity contribution in [3.05, 3.63) is 58.6 Å². The number of carbonyl (C=O) groups is 1. The van der Waals surface area contributed by atoms with Crippen molar-refractivity contribution in [1.82, 2.24) is 5.32 Å². The molecule has 0 amide bonds. The van der Waals surface area contributed by atoms with Gasteiger partial charge in [0.25, 0.3) is 0 Å². The molecule has 0 aliphatic heterocycles. The normalized spacial score (nSPS) is 16.0. The topological polar surface area (TPSA) is 47.6 Å². The molecular weight excluding hydrogens is 362 g/mol. The predicted octanol–water partition coefficient (Wildman–Crippen LogP) is 5.20. The Morgan fingerprint density at radius 3 is 2.41 bits per heavy atom. The smallest absolute Gasteiger partial charge is 0.185 e. The summed E-state index contributed by atoms with van der Waals surface area (Å²) in [4.78, 5) is 13.4. The van der Waals surface area contributed by atoms with Crippen LogP contribution < -0.4 is 14.8 Å². The minimum absolute atomic E-state index is 0.0293. The van der Waals surface area contributed by atoms with Gasteiger partial charge in [0.15, 0.2) is 17.3 Å². The molecule has 4 nitrogen and oxygen atoms in total. The van der Waals surface area contributed by atoms with Crippen molar-refractivity contribution in [2.75, 3.05) is 14.2 Å². The van der Waals surface area contributed by atoms with E-state index in [9.17, 15) is 4.79 Å². The molecule has 1 aliphatic rings. The summed E-state index contributed by atoms with van der Waals surface area (Å²) in [6, 6.07) is 12.7. The maximum absolute atomic E-state index is 13.4. The first-order valence-electron chi connectivity index (χ1n) is 9.40. The van der Waals surface area contributed by atoms with Gasteiger partial charge in [0, 0.05) is 11.6 Å². The predicted molar refractivity (Wildman–Crippen MR) is 108 cm³/mol. The first-order valence-corrected chi connectivity index (χ1v) is 9.78. The number of nitrogens with one attached hydrogen (secondary N) is 1. The van der Waals surface area contributed by atoms with Gasteiger partial charge in [-0.05, 0) is 42.7 Å². The van der Waals surface area contributed by atoms with E-state index in [1.807, 2.05) is 30.3 Å². The number of ketones is 1. The monoisotopic (exact) mass is 387 g/mol. The van der Waals surface area contributed by atoms with Crippen LogP contribution in [0.25, 0.3) is 0 Å². The standard InChI is InChI=1S/C22H26ClNO3/c1-26-19-13-12-15(14-20(19)27-2)21(24-16-8-4-3-5-9-16)22(25)17-10-6-7-11-18(17)23/h6-7,10-14,16,21,24H,3-5,8-9H2,1-2H3. The van der Waals surface area contributed by atoms with E-state index in [1.54, 1.807) is 26.4 Å². The average molecular weight is 388 g/mol. The van der Waals surface area contributed by atoms with Gasteiger partial charge in [-0.1, -0.05) is 49.1 Å². The number of hydrogen-bond donors (Lipinski definition) is 1. The van der Waals surface area contributed by atoms with Crippen LogP contribution in [0.5, 0.6) is 11.5 Å². The number of benzene rings is 2. The quantitative estimate of drug-likeness (QED) is 0.663. The van der Waals surface area contributed by atoms with Crippen molar-refractivity contribution in [3.8, 4) is 11.5 Å². The fourth-order valence-electron chi connectivity index (χ4n) is 3.68. The van der Waals surface area contributed by atoms with Crippen LogP contribution in [0, 0.1) is 0 Å². The largest absolute Gasteiger partial charge is 0.493 e. The summed E-state index contributed by atoms with van der Waals surface area (Å²) in [6.45, 7) is 0. The molecule has 0 heterocycles. The van der Waals surface area contributed by atoms with Crippen molar-refractivity contribution >= 4 is 17.4 Å². The summed E-state index contributed by atoms with van der Waals surface area (Å²) in [7, 11) is 3.20. The van der Waals surface area contributed by atoms with E-state index in [0.717, 1.165) is 18.4 Å². The zero-order valence-electron chi connectivity index (χ0n) is 15.8. The van der Waals surface area contributed by atoms with Crippen LogP contribution in [-0.4, -0.2) is 26.0 Å². The molecule has 1 fully saturated rings. The maximum Gasteiger partial charge on any atom is 0.185 e. The Labute approximate surface area is 165 Å². The van der Waals surface area contributed by atoms with Crippen molar-refractivity contribution in [2.45, 2.75) is 44.2 Å². The third-order valence-corrected chi connectivity index (χ3v) is 5.48. The van der Waals surface area contributed by atoms with Gasteiger partial charge in [-0.3, -0.25) is 4.79 Å². The third-order valence-electron chi connectivity index (χ3n) is 5.15. The van der Waals surface area contributed by atoms with Crippen LogP contribution in [0.1, 0.15) is 54.1 Å². The highest BCUT2D eigenvalue weighted by molar-refractivity contribution is 6.34. The van der Waals surface area contributed by atoms with Gasteiger partial charge < -0.3 is 14.8 Å². The molecule has 0 saturated heterocycles. The van der Waals surface area contributed by atoms with Gasteiger partial charge in [-0.2, -0.15) is 0 Å². The Morgan fingerprint density at radius 2 is 1.74 bits per heavy atom. The Balaban J connectivity index is 1.96. The van der Waals surface area contributed by atoms with Gasteiger partial charge in [0.2, 0.25) is 0 Å². The highest BCUT2D eigenvalue weighted by Crippen LogP contribution is 2.33. The lowest BCUT2D eigenvalue weighted by atomic mass is 9.91. The van der Waals surface area contributed by atoms with E-state index in [4.69, 9.17) is 21.1 Å². The highest BCUT2D eigenvalue weighted by atomic mass is 35.5. The lowest BCUT2D eigenvalue weighted by Crippen LogP contribution is -2.38. The van der Waals surface area contributed by atoms with Gasteiger partial charge in [-0.25, -0.2) is 0 Å². The molecule has 1 unspecified atom stereocenters. The molecule has 1 N–H and O–H groups in total. The maximum atomic E-state index is 13.4. The summed E-state index contributed by atoms with van der Waals surface area (Å²) in [5.41, 5.74) is 1.38. The van der Waals surface area contributed by atoms with Crippen LogP contribution in [-0.2, 0) is 0 Å². The molecule has 1 saturated carbocycles. The number of hydrogen-bond acceptors (Lipinski definition) is 4. The van der Waals surface area contributed by atoms with Gasteiger partial charge >= 0.3 is 0 Å². The second kappa shape index (κ2) is 9.25. The van der Waals surface area contributed by atoms with Crippen LogP contribution >= 0.6 is 11.6 Å². The summed E-state index contributed by atoms with van der Waals surface area (Å²) in [6.07, 6.45) is 5.81. The number of rotatable bonds is 7. The lowest BCUT2D eigenvalue weighted by Gasteiger charge is -2.28. The van der Waals surface area contributed by atoms with Crippen LogP contribution in [0.4, 0.5) is 0 Å². The third kappa shape index (κ3) is 4.63. The Bertz CT molecular complexity index is 787. The van der Waals surface area contributed by atoms with Crippen molar-refractivity contribution < 1.29 is 14.3 Å². The number of carbonyl (C=O) groups excluding carboxylic acids is 1. The highest BCUT2D eigenvalue weighted by Gasteiger charge is 2.28. The van der Waals surface area contributed by atoms with Gasteiger partial charge in [-0.15, -0.1) is 0 Å². The number of ether oxygens (including phenoxy) is 2. The Kier molecular flexibility index (Phi) is 6.75. The van der Waals surface area contributed by atoms with Crippen LogP contribution in [0.3, 0.4) is 0 Å². The molecule has 3 rings (SSSR count). The van der Waals surface area contributed by atoms with E-state index < -0.39 is 6.04 Å². The minimum Gasteiger partial charge on any atom is -0.493 e. The van der Waals surface area contributed by atoms with E-state index in [1.165, 1.54) is 19.3 Å². The first-order chi connectivity index (χ1) is 13.1. The van der Waals surface area contributed by atoms with Crippen molar-refractivity contribution in [2.24, 2.45) is 0 Å². The molecule has 0 radical (unpaired) electrons. The summed E-state index contributed by atoms with van der Waals surface area (Å²) >= 11 is 6.31. The summed E-state index contributed by atoms with van der Waals surface area (Å²) in [5, 5.41) is 4.05. The number of halogens is 1. The second-order valence-electron chi connectivity index (χ2n) is 6.89.